The van der Waals surface area contributed by atoms with Crippen LogP contribution in [0.15, 0.2) is 53.4 Å². The van der Waals surface area contributed by atoms with Gasteiger partial charge < -0.3 is 16.6 Å². The molecule has 4 heteroatoms. The molecule has 0 aliphatic carbocycles. The average molecular weight is 302 g/mol. The molecule has 0 heterocycles. The lowest BCUT2D eigenvalue weighted by atomic mass is 10.0. The normalized spacial score (nSPS) is 13.9. The smallest absolute Gasteiger partial charge is 0.0788 e. The Kier molecular flexibility index (Phi) is 5.67. The van der Waals surface area contributed by atoms with Crippen molar-refractivity contribution in [3.8, 4) is 0 Å². The molecule has 0 bridgehead atoms. The Bertz CT molecular complexity index is 574. The highest BCUT2D eigenvalue weighted by Gasteiger charge is 2.16. The van der Waals surface area contributed by atoms with Gasteiger partial charge in [0.1, 0.15) is 0 Å². The van der Waals surface area contributed by atoms with Crippen LogP contribution in [0.3, 0.4) is 0 Å². The molecule has 5 N–H and O–H groups in total. The first-order valence-corrected chi connectivity index (χ1v) is 8.02. The Morgan fingerprint density at radius 1 is 1.10 bits per heavy atom. The summed E-state index contributed by atoms with van der Waals surface area (Å²) in [6.07, 6.45) is 0.134. The van der Waals surface area contributed by atoms with E-state index in [9.17, 15) is 5.11 Å². The number of aliphatic hydroxyl groups excluding tert-OH is 1. The molecule has 0 saturated heterocycles. The fraction of sp³-hybridized carbons (Fsp3) is 0.294. The topological polar surface area (TPSA) is 72.3 Å². The summed E-state index contributed by atoms with van der Waals surface area (Å²) < 4.78 is 0. The number of hydrogen-bond donors (Lipinski definition) is 3. The molecule has 2 aromatic carbocycles. The third-order valence-corrected chi connectivity index (χ3v) is 4.81. The zero-order chi connectivity index (χ0) is 15.2. The lowest BCUT2D eigenvalue weighted by Gasteiger charge is -2.19. The van der Waals surface area contributed by atoms with Crippen molar-refractivity contribution < 1.29 is 5.11 Å². The van der Waals surface area contributed by atoms with Crippen LogP contribution in [-0.2, 0) is 6.42 Å². The number of anilines is 1. The summed E-state index contributed by atoms with van der Waals surface area (Å²) in [6.45, 7) is 1.99. The molecule has 2 unspecified atom stereocenters. The molecule has 21 heavy (non-hydrogen) atoms. The van der Waals surface area contributed by atoms with Crippen LogP contribution >= 0.6 is 11.8 Å². The minimum Gasteiger partial charge on any atom is -0.398 e. The summed E-state index contributed by atoms with van der Waals surface area (Å²) in [6, 6.07) is 15.6. The van der Waals surface area contributed by atoms with Crippen LogP contribution in [0.25, 0.3) is 0 Å². The number of nitrogen functional groups attached to an aromatic ring is 1. The van der Waals surface area contributed by atoms with E-state index < -0.39 is 6.10 Å². The number of nitrogens with two attached hydrogens (primary N) is 2. The fourth-order valence-electron chi connectivity index (χ4n) is 2.11. The van der Waals surface area contributed by atoms with Crippen LogP contribution in [0.2, 0.25) is 0 Å². The van der Waals surface area contributed by atoms with Crippen molar-refractivity contribution in [2.75, 3.05) is 11.5 Å². The first-order valence-electron chi connectivity index (χ1n) is 7.03. The maximum absolute atomic E-state index is 10.2. The maximum Gasteiger partial charge on any atom is 0.0788 e. The summed E-state index contributed by atoms with van der Waals surface area (Å²) in [5, 5.41) is 10.2. The number of benzene rings is 2. The van der Waals surface area contributed by atoms with Gasteiger partial charge in [-0.1, -0.05) is 36.4 Å². The molecule has 2 aromatic rings. The molecule has 0 aliphatic heterocycles. The van der Waals surface area contributed by atoms with Crippen molar-refractivity contribution in [2.45, 2.75) is 30.4 Å². The molecule has 0 fully saturated rings. The largest absolute Gasteiger partial charge is 0.398 e. The molecule has 0 spiro atoms. The standard InChI is InChI=1S/C17H22N2OS/c1-12-14(18)8-5-9-17(12)21-11-16(20)15(19)10-13-6-3-2-4-7-13/h2-9,15-16,20H,10-11,18-19H2,1H3. The maximum atomic E-state index is 10.2. The van der Waals surface area contributed by atoms with E-state index in [2.05, 4.69) is 0 Å². The fourth-order valence-corrected chi connectivity index (χ4v) is 3.22. The molecule has 0 aromatic heterocycles. The van der Waals surface area contributed by atoms with Crippen molar-refractivity contribution in [2.24, 2.45) is 5.73 Å². The van der Waals surface area contributed by atoms with Gasteiger partial charge in [-0.2, -0.15) is 0 Å². The molecule has 2 atom stereocenters. The third kappa shape index (κ3) is 4.49. The van der Waals surface area contributed by atoms with Gasteiger partial charge in [-0.25, -0.2) is 0 Å². The second-order valence-electron chi connectivity index (χ2n) is 5.20. The number of thioether (sulfide) groups is 1. The number of hydrogen-bond acceptors (Lipinski definition) is 4. The first kappa shape index (κ1) is 15.9. The van der Waals surface area contributed by atoms with Crippen molar-refractivity contribution in [1.82, 2.24) is 0 Å². The Morgan fingerprint density at radius 3 is 2.52 bits per heavy atom. The summed E-state index contributed by atoms with van der Waals surface area (Å²) in [7, 11) is 0. The van der Waals surface area contributed by atoms with Crippen molar-refractivity contribution in [1.29, 1.82) is 0 Å². The zero-order valence-corrected chi connectivity index (χ0v) is 13.0. The van der Waals surface area contributed by atoms with E-state index in [4.69, 9.17) is 11.5 Å². The molecule has 112 valence electrons. The Morgan fingerprint density at radius 2 is 1.81 bits per heavy atom. The van der Waals surface area contributed by atoms with Crippen molar-refractivity contribution in [3.63, 3.8) is 0 Å². The van der Waals surface area contributed by atoms with Gasteiger partial charge in [0.15, 0.2) is 0 Å². The predicted molar refractivity (Wildman–Crippen MR) is 90.4 cm³/mol. The summed E-state index contributed by atoms with van der Waals surface area (Å²) >= 11 is 1.60. The molecule has 0 radical (unpaired) electrons. The highest BCUT2D eigenvalue weighted by molar-refractivity contribution is 7.99. The zero-order valence-electron chi connectivity index (χ0n) is 12.2. The van der Waals surface area contributed by atoms with E-state index in [1.807, 2.05) is 55.5 Å². The van der Waals surface area contributed by atoms with Crippen molar-refractivity contribution >= 4 is 17.4 Å². The molecular formula is C17H22N2OS. The van der Waals surface area contributed by atoms with Gasteiger partial charge in [0.2, 0.25) is 0 Å². The predicted octanol–water partition coefficient (Wildman–Crippen LogP) is 2.60. The molecular weight excluding hydrogens is 280 g/mol. The van der Waals surface area contributed by atoms with Gasteiger partial charge in [-0.15, -0.1) is 11.8 Å². The van der Waals surface area contributed by atoms with Gasteiger partial charge in [0.05, 0.1) is 6.10 Å². The Labute approximate surface area is 130 Å². The van der Waals surface area contributed by atoms with Crippen LogP contribution in [0.4, 0.5) is 5.69 Å². The Balaban J connectivity index is 1.89. The van der Waals surface area contributed by atoms with Crippen LogP contribution < -0.4 is 11.5 Å². The first-order chi connectivity index (χ1) is 10.1. The lowest BCUT2D eigenvalue weighted by molar-refractivity contribution is 0.167. The van der Waals surface area contributed by atoms with E-state index in [1.165, 1.54) is 0 Å². The molecule has 3 nitrogen and oxygen atoms in total. The van der Waals surface area contributed by atoms with E-state index >= 15 is 0 Å². The quantitative estimate of drug-likeness (QED) is 0.566. The van der Waals surface area contributed by atoms with Crippen LogP contribution in [-0.4, -0.2) is 23.0 Å². The van der Waals surface area contributed by atoms with E-state index in [0.29, 0.717) is 12.2 Å². The second kappa shape index (κ2) is 7.50. The molecule has 0 aliphatic rings. The van der Waals surface area contributed by atoms with E-state index in [1.54, 1.807) is 11.8 Å². The van der Waals surface area contributed by atoms with Crippen LogP contribution in [0.5, 0.6) is 0 Å². The SMILES string of the molecule is Cc1c(N)cccc1SCC(O)C(N)Cc1ccccc1. The third-order valence-electron chi connectivity index (χ3n) is 3.54. The van der Waals surface area contributed by atoms with Gasteiger partial charge in [-0.3, -0.25) is 0 Å². The molecule has 0 amide bonds. The minimum absolute atomic E-state index is 0.263. The van der Waals surface area contributed by atoms with Gasteiger partial charge in [-0.05, 0) is 36.6 Å². The van der Waals surface area contributed by atoms with E-state index in [-0.39, 0.29) is 6.04 Å². The molecule has 2 rings (SSSR count). The number of aliphatic hydroxyl groups is 1. The molecule has 0 saturated carbocycles. The lowest BCUT2D eigenvalue weighted by Crippen LogP contribution is -2.38. The monoisotopic (exact) mass is 302 g/mol. The highest BCUT2D eigenvalue weighted by Crippen LogP contribution is 2.27. The summed E-state index contributed by atoms with van der Waals surface area (Å²) in [5.41, 5.74) is 15.0. The summed E-state index contributed by atoms with van der Waals surface area (Å²) in [4.78, 5) is 1.10. The van der Waals surface area contributed by atoms with Gasteiger partial charge in [0.25, 0.3) is 0 Å². The van der Waals surface area contributed by atoms with Gasteiger partial charge >= 0.3 is 0 Å². The Hall–Kier alpha value is -1.49. The van der Waals surface area contributed by atoms with Crippen LogP contribution in [0, 0.1) is 6.92 Å². The summed E-state index contributed by atoms with van der Waals surface area (Å²) in [5.74, 6) is 0.568. The second-order valence-corrected chi connectivity index (χ2v) is 6.26. The number of rotatable bonds is 6. The van der Waals surface area contributed by atoms with E-state index in [0.717, 1.165) is 21.7 Å². The van der Waals surface area contributed by atoms with Crippen LogP contribution in [0.1, 0.15) is 11.1 Å². The van der Waals surface area contributed by atoms with Crippen molar-refractivity contribution in [3.05, 3.63) is 59.7 Å². The minimum atomic E-state index is -0.545. The highest BCUT2D eigenvalue weighted by atomic mass is 32.2. The van der Waals surface area contributed by atoms with Gasteiger partial charge in [0, 0.05) is 22.4 Å². The average Bonchev–Trinajstić information content (AvgIpc) is 2.49.